The number of amides is 2. The number of hydrogen-bond donors (Lipinski definition) is 4. The second-order valence-electron chi connectivity index (χ2n) is 14.6. The number of terminal acetylenes is 1. The Hall–Kier alpha value is -1.84. The predicted octanol–water partition coefficient (Wildman–Crippen LogP) is 5.72. The van der Waals surface area contributed by atoms with Gasteiger partial charge in [-0.1, -0.05) is 40.2 Å². The van der Waals surface area contributed by atoms with Crippen LogP contribution in [0.25, 0.3) is 0 Å². The fraction of sp³-hybridized carbons (Fsp3) is 0.829. The molecule has 4 fully saturated rings. The summed E-state index contributed by atoms with van der Waals surface area (Å²) >= 11 is 0. The van der Waals surface area contributed by atoms with E-state index in [4.69, 9.17) is 6.42 Å². The molecular weight excluding hydrogens is 512 g/mol. The maximum absolute atomic E-state index is 12.5. The SMILES string of the molecule is C#CCC(NC(=O)C=CCCC(C)C1CCC2C3C(O)CC4CC(O)CCC4(C)C3CCC12C)NC(=O)CCCC. The smallest absolute Gasteiger partial charge is 0.245 e. The minimum absolute atomic E-state index is 0.0881. The summed E-state index contributed by atoms with van der Waals surface area (Å²) in [4.78, 5) is 24.6. The van der Waals surface area contributed by atoms with E-state index in [1.165, 1.54) is 25.7 Å². The van der Waals surface area contributed by atoms with Crippen molar-refractivity contribution in [1.82, 2.24) is 10.6 Å². The largest absolute Gasteiger partial charge is 0.393 e. The molecule has 0 bridgehead atoms. The van der Waals surface area contributed by atoms with Crippen molar-refractivity contribution in [3.8, 4) is 12.3 Å². The Balaban J connectivity index is 1.30. The Bertz CT molecular complexity index is 989. The van der Waals surface area contributed by atoms with Gasteiger partial charge in [-0.15, -0.1) is 12.3 Å². The van der Waals surface area contributed by atoms with E-state index in [0.29, 0.717) is 41.9 Å². The van der Waals surface area contributed by atoms with Crippen LogP contribution in [0.1, 0.15) is 118 Å². The molecule has 4 aliphatic carbocycles. The molecule has 6 heteroatoms. The molecule has 4 saturated carbocycles. The van der Waals surface area contributed by atoms with Crippen LogP contribution in [0.15, 0.2) is 12.2 Å². The first-order valence-electron chi connectivity index (χ1n) is 16.6. The van der Waals surface area contributed by atoms with E-state index < -0.39 is 6.17 Å². The highest BCUT2D eigenvalue weighted by Gasteiger charge is 2.62. The number of aliphatic hydroxyl groups is 2. The quantitative estimate of drug-likeness (QED) is 0.146. The van der Waals surface area contributed by atoms with E-state index in [1.807, 2.05) is 13.0 Å². The number of rotatable bonds is 11. The van der Waals surface area contributed by atoms with Crippen LogP contribution in [0.5, 0.6) is 0 Å². The molecule has 0 aromatic rings. The molecule has 0 aromatic heterocycles. The Morgan fingerprint density at radius 3 is 2.51 bits per heavy atom. The van der Waals surface area contributed by atoms with Crippen LogP contribution in [-0.2, 0) is 9.59 Å². The highest BCUT2D eigenvalue weighted by Crippen LogP contribution is 2.68. The van der Waals surface area contributed by atoms with Gasteiger partial charge in [0.1, 0.15) is 6.17 Å². The van der Waals surface area contributed by atoms with E-state index in [2.05, 4.69) is 37.3 Å². The highest BCUT2D eigenvalue weighted by atomic mass is 16.3. The molecular formula is C35H56N2O4. The fourth-order valence-corrected chi connectivity index (χ4v) is 10.0. The van der Waals surface area contributed by atoms with Crippen molar-refractivity contribution < 1.29 is 19.8 Å². The third kappa shape index (κ3) is 6.88. The molecule has 6 nitrogen and oxygen atoms in total. The summed E-state index contributed by atoms with van der Waals surface area (Å²) in [5.41, 5.74) is 0.523. The molecule has 4 N–H and O–H groups in total. The molecule has 0 radical (unpaired) electrons. The lowest BCUT2D eigenvalue weighted by atomic mass is 9.43. The topological polar surface area (TPSA) is 98.7 Å². The minimum Gasteiger partial charge on any atom is -0.393 e. The van der Waals surface area contributed by atoms with E-state index >= 15 is 0 Å². The van der Waals surface area contributed by atoms with Crippen molar-refractivity contribution >= 4 is 11.8 Å². The summed E-state index contributed by atoms with van der Waals surface area (Å²) < 4.78 is 0. The molecule has 0 saturated heterocycles. The van der Waals surface area contributed by atoms with Gasteiger partial charge >= 0.3 is 0 Å². The van der Waals surface area contributed by atoms with Gasteiger partial charge in [-0.05, 0) is 123 Å². The molecule has 0 spiro atoms. The van der Waals surface area contributed by atoms with Crippen molar-refractivity contribution in [3.63, 3.8) is 0 Å². The third-order valence-electron chi connectivity index (χ3n) is 12.2. The normalized spacial score (nSPS) is 39.6. The highest BCUT2D eigenvalue weighted by molar-refractivity contribution is 5.88. The van der Waals surface area contributed by atoms with Gasteiger partial charge in [-0.25, -0.2) is 0 Å². The molecule has 4 aliphatic rings. The van der Waals surface area contributed by atoms with E-state index in [0.717, 1.165) is 51.4 Å². The van der Waals surface area contributed by atoms with Gasteiger partial charge in [0.2, 0.25) is 11.8 Å². The zero-order valence-electron chi connectivity index (χ0n) is 26.0. The second-order valence-corrected chi connectivity index (χ2v) is 14.6. The first-order valence-corrected chi connectivity index (χ1v) is 16.6. The average molecular weight is 569 g/mol. The molecule has 0 aliphatic heterocycles. The van der Waals surface area contributed by atoms with Crippen LogP contribution in [-0.4, -0.2) is 40.4 Å². The van der Waals surface area contributed by atoms with Crippen LogP contribution in [0.4, 0.5) is 0 Å². The van der Waals surface area contributed by atoms with Crippen LogP contribution in [0.2, 0.25) is 0 Å². The molecule has 0 aromatic carbocycles. The number of unbranched alkanes of at least 4 members (excludes halogenated alkanes) is 1. The van der Waals surface area contributed by atoms with Crippen LogP contribution >= 0.6 is 0 Å². The Labute approximate surface area is 248 Å². The zero-order valence-corrected chi connectivity index (χ0v) is 26.0. The van der Waals surface area contributed by atoms with Gasteiger partial charge in [0, 0.05) is 12.8 Å². The average Bonchev–Trinajstić information content (AvgIpc) is 3.28. The fourth-order valence-electron chi connectivity index (χ4n) is 10.0. The summed E-state index contributed by atoms with van der Waals surface area (Å²) in [5.74, 6) is 5.40. The van der Waals surface area contributed by atoms with Gasteiger partial charge in [0.15, 0.2) is 0 Å². The van der Waals surface area contributed by atoms with Crippen LogP contribution in [0.3, 0.4) is 0 Å². The maximum Gasteiger partial charge on any atom is 0.245 e. The lowest BCUT2D eigenvalue weighted by Crippen LogP contribution is -2.58. The molecule has 230 valence electrons. The van der Waals surface area contributed by atoms with Crippen molar-refractivity contribution in [2.75, 3.05) is 0 Å². The molecule has 11 unspecified atom stereocenters. The first-order chi connectivity index (χ1) is 19.5. The van der Waals surface area contributed by atoms with Gasteiger partial charge in [0.25, 0.3) is 0 Å². The van der Waals surface area contributed by atoms with Crippen molar-refractivity contribution in [2.45, 2.75) is 136 Å². The Kier molecular flexibility index (Phi) is 10.7. The minimum atomic E-state index is -0.544. The standard InChI is InChI=1S/C35H56N2O4/c1-6-8-13-31(40)36-30(11-7-2)37-32(41)14-10-9-12-23(3)26-15-16-27-33-28(18-20-35(26,27)5)34(4)19-17-25(38)21-24(34)22-29(33)39/h2,10,14,23-30,33,38-39H,6,8-9,11-13,15-22H2,1,3-5H3,(H,36,40)(H,37,41). The number of carbonyl (C=O) groups excluding carboxylic acids is 2. The number of carbonyl (C=O) groups is 2. The molecule has 11 atom stereocenters. The predicted molar refractivity (Wildman–Crippen MR) is 163 cm³/mol. The molecule has 0 heterocycles. The van der Waals surface area contributed by atoms with Crippen molar-refractivity contribution in [1.29, 1.82) is 0 Å². The van der Waals surface area contributed by atoms with Crippen LogP contribution < -0.4 is 10.6 Å². The number of hydrogen-bond acceptors (Lipinski definition) is 4. The summed E-state index contributed by atoms with van der Waals surface area (Å²) in [6.07, 6.45) is 20.9. The van der Waals surface area contributed by atoms with Gasteiger partial charge in [-0.2, -0.15) is 0 Å². The lowest BCUT2D eigenvalue weighted by molar-refractivity contribution is -0.174. The summed E-state index contributed by atoms with van der Waals surface area (Å²) in [5, 5.41) is 27.5. The van der Waals surface area contributed by atoms with Gasteiger partial charge < -0.3 is 20.8 Å². The number of fused-ring (bicyclic) bond motifs is 5. The number of nitrogens with one attached hydrogen (secondary N) is 2. The summed E-state index contributed by atoms with van der Waals surface area (Å²) in [7, 11) is 0. The van der Waals surface area contributed by atoms with E-state index in [-0.39, 0.29) is 41.3 Å². The maximum atomic E-state index is 12.5. The number of aliphatic hydroxyl groups excluding tert-OH is 2. The molecule has 4 rings (SSSR count). The first kappa shape index (κ1) is 32.1. The Morgan fingerprint density at radius 1 is 1.05 bits per heavy atom. The zero-order chi connectivity index (χ0) is 29.8. The van der Waals surface area contributed by atoms with Crippen molar-refractivity contribution in [3.05, 3.63) is 12.2 Å². The van der Waals surface area contributed by atoms with Gasteiger partial charge in [-0.3, -0.25) is 9.59 Å². The van der Waals surface area contributed by atoms with Gasteiger partial charge in [0.05, 0.1) is 12.2 Å². The van der Waals surface area contributed by atoms with E-state index in [9.17, 15) is 19.8 Å². The van der Waals surface area contributed by atoms with Crippen molar-refractivity contribution in [2.24, 2.45) is 46.3 Å². The second kappa shape index (κ2) is 13.6. The summed E-state index contributed by atoms with van der Waals surface area (Å²) in [6.45, 7) is 9.40. The van der Waals surface area contributed by atoms with E-state index in [1.54, 1.807) is 6.08 Å². The third-order valence-corrected chi connectivity index (χ3v) is 12.2. The van der Waals surface area contributed by atoms with Crippen LogP contribution in [0, 0.1) is 58.7 Å². The molecule has 2 amide bonds. The lowest BCUT2D eigenvalue weighted by Gasteiger charge is -2.62. The number of allylic oxidation sites excluding steroid dienone is 1. The monoisotopic (exact) mass is 568 g/mol. The molecule has 41 heavy (non-hydrogen) atoms. The Morgan fingerprint density at radius 2 is 1.78 bits per heavy atom. The summed E-state index contributed by atoms with van der Waals surface area (Å²) in [6, 6.07) is 0.